The molecule has 3 rings (SSSR count). The number of rotatable bonds is 3. The van der Waals surface area contributed by atoms with E-state index in [-0.39, 0.29) is 12.0 Å². The molecule has 0 N–H and O–H groups in total. The van der Waals surface area contributed by atoms with Crippen molar-refractivity contribution in [1.82, 2.24) is 9.88 Å². The second-order valence-electron chi connectivity index (χ2n) is 5.32. The lowest BCUT2D eigenvalue weighted by molar-refractivity contribution is -0.0208. The van der Waals surface area contributed by atoms with Crippen LogP contribution in [0, 0.1) is 0 Å². The summed E-state index contributed by atoms with van der Waals surface area (Å²) in [5.41, 5.74) is 1.74. The molecule has 0 radical (unpaired) electrons. The highest BCUT2D eigenvalue weighted by Crippen LogP contribution is 2.17. The molecule has 0 spiro atoms. The summed E-state index contributed by atoms with van der Waals surface area (Å²) in [4.78, 5) is 18.3. The highest BCUT2D eigenvalue weighted by Gasteiger charge is 2.25. The van der Waals surface area contributed by atoms with Crippen LogP contribution in [0.2, 0.25) is 5.02 Å². The predicted octanol–water partition coefficient (Wildman–Crippen LogP) is 2.82. The van der Waals surface area contributed by atoms with Gasteiger partial charge in [-0.25, -0.2) is 0 Å². The number of benzene rings is 1. The number of nitrogens with zero attached hydrogens (tertiary/aromatic N) is 2. The van der Waals surface area contributed by atoms with Crippen LogP contribution in [0.1, 0.15) is 15.9 Å². The molecule has 1 aliphatic rings. The lowest BCUT2D eigenvalue weighted by atomic mass is 10.1. The summed E-state index contributed by atoms with van der Waals surface area (Å²) in [6.07, 6.45) is 4.01. The fourth-order valence-corrected chi connectivity index (χ4v) is 2.84. The Morgan fingerprint density at radius 3 is 3.05 bits per heavy atom. The first-order valence-electron chi connectivity index (χ1n) is 7.28. The molecule has 4 nitrogen and oxygen atoms in total. The number of amides is 1. The van der Waals surface area contributed by atoms with Gasteiger partial charge in [0.15, 0.2) is 0 Å². The van der Waals surface area contributed by atoms with Crippen LogP contribution < -0.4 is 0 Å². The van der Waals surface area contributed by atoms with Crippen molar-refractivity contribution >= 4 is 17.5 Å². The van der Waals surface area contributed by atoms with Gasteiger partial charge in [-0.3, -0.25) is 9.78 Å². The Morgan fingerprint density at radius 1 is 1.36 bits per heavy atom. The number of carbonyl (C=O) groups is 1. The van der Waals surface area contributed by atoms with Crippen molar-refractivity contribution < 1.29 is 9.53 Å². The molecule has 1 saturated heterocycles. The molecule has 22 heavy (non-hydrogen) atoms. The number of ether oxygens (including phenoxy) is 1. The molecule has 0 bridgehead atoms. The Kier molecular flexibility index (Phi) is 4.71. The Labute approximate surface area is 134 Å². The summed E-state index contributed by atoms with van der Waals surface area (Å²) in [5, 5.41) is 0.719. The van der Waals surface area contributed by atoms with E-state index in [9.17, 15) is 4.79 Å². The van der Waals surface area contributed by atoms with Crippen LogP contribution in [0.25, 0.3) is 0 Å². The van der Waals surface area contributed by atoms with Gasteiger partial charge in [-0.15, -0.1) is 0 Å². The van der Waals surface area contributed by atoms with Crippen molar-refractivity contribution in [1.29, 1.82) is 0 Å². The van der Waals surface area contributed by atoms with Gasteiger partial charge in [0.25, 0.3) is 5.91 Å². The fraction of sp³-hybridized carbons (Fsp3) is 0.294. The standard InChI is InChI=1S/C17H17ClN2O2/c18-15-5-1-3-13(9-15)10-16-12-20(7-8-22-16)17(21)14-4-2-6-19-11-14/h1-6,9,11,16H,7-8,10,12H2. The first kappa shape index (κ1) is 15.0. The average molecular weight is 317 g/mol. The molecule has 5 heteroatoms. The smallest absolute Gasteiger partial charge is 0.255 e. The van der Waals surface area contributed by atoms with Gasteiger partial charge in [-0.2, -0.15) is 0 Å². The molecule has 1 amide bonds. The van der Waals surface area contributed by atoms with Crippen molar-refractivity contribution in [2.45, 2.75) is 12.5 Å². The van der Waals surface area contributed by atoms with Crippen LogP contribution in [-0.4, -0.2) is 41.6 Å². The molecule has 2 heterocycles. The zero-order valence-corrected chi connectivity index (χ0v) is 12.9. The molecule has 1 aromatic heterocycles. The third-order valence-corrected chi connectivity index (χ3v) is 3.92. The number of hydrogen-bond acceptors (Lipinski definition) is 3. The molecule has 1 unspecified atom stereocenters. The quantitative estimate of drug-likeness (QED) is 0.874. The molecule has 2 aromatic rings. The summed E-state index contributed by atoms with van der Waals surface area (Å²) in [5.74, 6) is 0.00694. The van der Waals surface area contributed by atoms with Crippen molar-refractivity contribution in [3.63, 3.8) is 0 Å². The highest BCUT2D eigenvalue weighted by molar-refractivity contribution is 6.30. The lowest BCUT2D eigenvalue weighted by Gasteiger charge is -2.33. The molecule has 1 atom stereocenters. The van der Waals surface area contributed by atoms with Gasteiger partial charge in [0.05, 0.1) is 18.3 Å². The van der Waals surface area contributed by atoms with Crippen LogP contribution in [0.15, 0.2) is 48.8 Å². The molecule has 1 fully saturated rings. The molecule has 1 aromatic carbocycles. The first-order valence-corrected chi connectivity index (χ1v) is 7.65. The van der Waals surface area contributed by atoms with Crippen molar-refractivity contribution in [3.8, 4) is 0 Å². The Hall–Kier alpha value is -1.91. The number of carbonyl (C=O) groups excluding carboxylic acids is 1. The summed E-state index contributed by atoms with van der Waals surface area (Å²) in [6, 6.07) is 11.3. The van der Waals surface area contributed by atoms with E-state index >= 15 is 0 Å². The second-order valence-corrected chi connectivity index (χ2v) is 5.76. The zero-order valence-electron chi connectivity index (χ0n) is 12.1. The molecule has 0 aliphatic carbocycles. The second kappa shape index (κ2) is 6.90. The van der Waals surface area contributed by atoms with Crippen LogP contribution in [0.3, 0.4) is 0 Å². The SMILES string of the molecule is O=C(c1cccnc1)N1CCOC(Cc2cccc(Cl)c2)C1. The molecule has 0 saturated carbocycles. The maximum absolute atomic E-state index is 12.5. The third-order valence-electron chi connectivity index (χ3n) is 3.69. The van der Waals surface area contributed by atoms with Crippen LogP contribution in [-0.2, 0) is 11.2 Å². The number of halogens is 1. The summed E-state index contributed by atoms with van der Waals surface area (Å²) in [7, 11) is 0. The number of aromatic nitrogens is 1. The lowest BCUT2D eigenvalue weighted by Crippen LogP contribution is -2.46. The normalized spacial score (nSPS) is 18.2. The highest BCUT2D eigenvalue weighted by atomic mass is 35.5. The average Bonchev–Trinajstić information content (AvgIpc) is 2.55. The molecular weight excluding hydrogens is 300 g/mol. The van der Waals surface area contributed by atoms with Gasteiger partial charge in [-0.1, -0.05) is 23.7 Å². The van der Waals surface area contributed by atoms with Crippen LogP contribution >= 0.6 is 11.6 Å². The fourth-order valence-electron chi connectivity index (χ4n) is 2.63. The maximum Gasteiger partial charge on any atom is 0.255 e. The Balaban J connectivity index is 1.65. The summed E-state index contributed by atoms with van der Waals surface area (Å²) >= 11 is 6.01. The van der Waals surface area contributed by atoms with E-state index in [1.807, 2.05) is 29.2 Å². The van der Waals surface area contributed by atoms with Crippen molar-refractivity contribution in [2.75, 3.05) is 19.7 Å². The largest absolute Gasteiger partial charge is 0.374 e. The third kappa shape index (κ3) is 3.64. The number of morpholine rings is 1. The van der Waals surface area contributed by atoms with E-state index in [1.165, 1.54) is 0 Å². The minimum Gasteiger partial charge on any atom is -0.374 e. The van der Waals surface area contributed by atoms with Crippen molar-refractivity contribution in [3.05, 3.63) is 64.9 Å². The summed E-state index contributed by atoms with van der Waals surface area (Å²) in [6.45, 7) is 1.75. The van der Waals surface area contributed by atoms with E-state index in [0.29, 0.717) is 25.3 Å². The molecular formula is C17H17ClN2O2. The summed E-state index contributed by atoms with van der Waals surface area (Å²) < 4.78 is 5.79. The van der Waals surface area contributed by atoms with Crippen LogP contribution in [0.5, 0.6) is 0 Å². The topological polar surface area (TPSA) is 42.4 Å². The van der Waals surface area contributed by atoms with E-state index in [0.717, 1.165) is 17.0 Å². The van der Waals surface area contributed by atoms with Gasteiger partial charge in [0.1, 0.15) is 0 Å². The Bertz CT molecular complexity index is 648. The van der Waals surface area contributed by atoms with Gasteiger partial charge < -0.3 is 9.64 Å². The van der Waals surface area contributed by atoms with Gasteiger partial charge in [0, 0.05) is 36.9 Å². The minimum atomic E-state index is -0.00663. The van der Waals surface area contributed by atoms with Gasteiger partial charge in [0.2, 0.25) is 0 Å². The van der Waals surface area contributed by atoms with E-state index < -0.39 is 0 Å². The maximum atomic E-state index is 12.5. The van der Waals surface area contributed by atoms with E-state index in [1.54, 1.807) is 24.5 Å². The predicted molar refractivity (Wildman–Crippen MR) is 85.0 cm³/mol. The number of pyridine rings is 1. The van der Waals surface area contributed by atoms with E-state index in [4.69, 9.17) is 16.3 Å². The van der Waals surface area contributed by atoms with E-state index in [2.05, 4.69) is 4.98 Å². The van der Waals surface area contributed by atoms with Gasteiger partial charge in [-0.05, 0) is 29.8 Å². The zero-order chi connectivity index (χ0) is 15.4. The number of hydrogen-bond donors (Lipinski definition) is 0. The molecule has 114 valence electrons. The monoisotopic (exact) mass is 316 g/mol. The van der Waals surface area contributed by atoms with Gasteiger partial charge >= 0.3 is 0 Å². The van der Waals surface area contributed by atoms with Crippen molar-refractivity contribution in [2.24, 2.45) is 0 Å². The first-order chi connectivity index (χ1) is 10.7. The molecule has 1 aliphatic heterocycles. The minimum absolute atomic E-state index is 0.00663. The Morgan fingerprint density at radius 2 is 2.27 bits per heavy atom. The van der Waals surface area contributed by atoms with Crippen LogP contribution in [0.4, 0.5) is 0 Å².